The molecule has 100 valence electrons. The second-order valence-corrected chi connectivity index (χ2v) is 4.09. The summed E-state index contributed by atoms with van der Waals surface area (Å²) >= 11 is 0. The number of aromatic nitrogens is 2. The van der Waals surface area contributed by atoms with Gasteiger partial charge in [0.05, 0.1) is 13.2 Å². The van der Waals surface area contributed by atoms with Gasteiger partial charge in [0.1, 0.15) is 5.82 Å². The van der Waals surface area contributed by atoms with E-state index in [2.05, 4.69) is 15.3 Å². The number of likely N-dealkylation sites (N-methyl/N-ethyl adjacent to an activating group) is 1. The third-order valence-electron chi connectivity index (χ3n) is 2.93. The lowest BCUT2D eigenvalue weighted by Crippen LogP contribution is -2.21. The van der Waals surface area contributed by atoms with Gasteiger partial charge in [-0.25, -0.2) is 14.4 Å². The van der Waals surface area contributed by atoms with Gasteiger partial charge in [0.25, 0.3) is 0 Å². The van der Waals surface area contributed by atoms with E-state index in [0.29, 0.717) is 17.8 Å². The van der Waals surface area contributed by atoms with Crippen LogP contribution in [0, 0.1) is 5.82 Å². The molecule has 0 aliphatic carbocycles. The fraction of sp³-hybridized carbons (Fsp3) is 0.286. The SMILES string of the molecule is CNC(Cc1cccc(OC)c1F)c1ncccn1. The van der Waals surface area contributed by atoms with Crippen LogP contribution in [-0.4, -0.2) is 24.1 Å². The van der Waals surface area contributed by atoms with Gasteiger partial charge in [0.15, 0.2) is 11.6 Å². The molecule has 0 amide bonds. The summed E-state index contributed by atoms with van der Waals surface area (Å²) in [7, 11) is 3.26. The third kappa shape index (κ3) is 3.06. The van der Waals surface area contributed by atoms with Crippen LogP contribution in [0.2, 0.25) is 0 Å². The first-order valence-corrected chi connectivity index (χ1v) is 6.01. The Morgan fingerprint density at radius 1 is 1.26 bits per heavy atom. The van der Waals surface area contributed by atoms with Crippen LogP contribution in [0.25, 0.3) is 0 Å². The molecule has 5 heteroatoms. The van der Waals surface area contributed by atoms with E-state index in [9.17, 15) is 4.39 Å². The fourth-order valence-electron chi connectivity index (χ4n) is 1.90. The Morgan fingerprint density at radius 3 is 2.63 bits per heavy atom. The Morgan fingerprint density at radius 2 is 2.00 bits per heavy atom. The first kappa shape index (κ1) is 13.4. The molecule has 1 N–H and O–H groups in total. The average molecular weight is 261 g/mol. The first-order chi connectivity index (χ1) is 9.26. The molecule has 4 nitrogen and oxygen atoms in total. The number of rotatable bonds is 5. The predicted octanol–water partition coefficient (Wildman–Crippen LogP) is 2.13. The second-order valence-electron chi connectivity index (χ2n) is 4.09. The van der Waals surface area contributed by atoms with Crippen molar-refractivity contribution in [1.29, 1.82) is 0 Å². The summed E-state index contributed by atoms with van der Waals surface area (Å²) in [4.78, 5) is 8.38. The van der Waals surface area contributed by atoms with Gasteiger partial charge in [-0.05, 0) is 31.2 Å². The molecule has 1 heterocycles. The van der Waals surface area contributed by atoms with Gasteiger partial charge in [-0.1, -0.05) is 12.1 Å². The van der Waals surface area contributed by atoms with Crippen LogP contribution in [0.4, 0.5) is 4.39 Å². The Balaban J connectivity index is 2.24. The topological polar surface area (TPSA) is 47.0 Å². The summed E-state index contributed by atoms with van der Waals surface area (Å²) in [5.74, 6) is 0.565. The maximum absolute atomic E-state index is 14.1. The van der Waals surface area contributed by atoms with Crippen molar-refractivity contribution in [2.75, 3.05) is 14.2 Å². The van der Waals surface area contributed by atoms with E-state index in [4.69, 9.17) is 4.74 Å². The zero-order valence-electron chi connectivity index (χ0n) is 10.9. The number of nitrogens with one attached hydrogen (secondary N) is 1. The minimum absolute atomic E-state index is 0.136. The van der Waals surface area contributed by atoms with Crippen molar-refractivity contribution in [3.63, 3.8) is 0 Å². The number of nitrogens with zero attached hydrogens (tertiary/aromatic N) is 2. The summed E-state index contributed by atoms with van der Waals surface area (Å²) in [6.07, 6.45) is 3.81. The summed E-state index contributed by atoms with van der Waals surface area (Å²) in [5.41, 5.74) is 0.575. The monoisotopic (exact) mass is 261 g/mol. The summed E-state index contributed by atoms with van der Waals surface area (Å²) in [6.45, 7) is 0. The highest BCUT2D eigenvalue weighted by Gasteiger charge is 2.16. The van der Waals surface area contributed by atoms with E-state index in [-0.39, 0.29) is 17.6 Å². The summed E-state index contributed by atoms with van der Waals surface area (Å²) in [6, 6.07) is 6.73. The molecule has 2 rings (SSSR count). The number of hydrogen-bond donors (Lipinski definition) is 1. The average Bonchev–Trinajstić information content (AvgIpc) is 2.47. The van der Waals surface area contributed by atoms with Crippen molar-refractivity contribution in [1.82, 2.24) is 15.3 Å². The Hall–Kier alpha value is -2.01. The maximum atomic E-state index is 14.1. The van der Waals surface area contributed by atoms with E-state index in [1.807, 2.05) is 0 Å². The molecular weight excluding hydrogens is 245 g/mol. The van der Waals surface area contributed by atoms with Crippen molar-refractivity contribution < 1.29 is 9.13 Å². The quantitative estimate of drug-likeness (QED) is 0.895. The highest BCUT2D eigenvalue weighted by molar-refractivity contribution is 5.31. The van der Waals surface area contributed by atoms with Crippen molar-refractivity contribution in [3.05, 3.63) is 53.9 Å². The van der Waals surface area contributed by atoms with Crippen LogP contribution in [0.3, 0.4) is 0 Å². The molecule has 1 atom stereocenters. The largest absolute Gasteiger partial charge is 0.494 e. The first-order valence-electron chi connectivity index (χ1n) is 6.01. The van der Waals surface area contributed by atoms with E-state index < -0.39 is 0 Å². The van der Waals surface area contributed by atoms with Crippen LogP contribution in [0.5, 0.6) is 5.75 Å². The molecule has 0 spiro atoms. The lowest BCUT2D eigenvalue weighted by atomic mass is 10.0. The maximum Gasteiger partial charge on any atom is 0.168 e. The molecule has 1 unspecified atom stereocenters. The molecule has 0 saturated heterocycles. The van der Waals surface area contributed by atoms with Crippen LogP contribution < -0.4 is 10.1 Å². The molecule has 1 aromatic heterocycles. The van der Waals surface area contributed by atoms with E-state index >= 15 is 0 Å². The standard InChI is InChI=1S/C14H16FN3O/c1-16-11(14-17-7-4-8-18-14)9-10-5-3-6-12(19-2)13(10)15/h3-8,11,16H,9H2,1-2H3. The van der Waals surface area contributed by atoms with Crippen molar-refractivity contribution in [2.45, 2.75) is 12.5 Å². The smallest absolute Gasteiger partial charge is 0.168 e. The summed E-state index contributed by atoms with van der Waals surface area (Å²) in [5, 5.41) is 3.10. The van der Waals surface area contributed by atoms with Crippen molar-refractivity contribution in [2.24, 2.45) is 0 Å². The lowest BCUT2D eigenvalue weighted by Gasteiger charge is -2.15. The van der Waals surface area contributed by atoms with Crippen molar-refractivity contribution in [3.8, 4) is 5.75 Å². The van der Waals surface area contributed by atoms with Gasteiger partial charge in [-0.3, -0.25) is 0 Å². The molecular formula is C14H16FN3O. The highest BCUT2D eigenvalue weighted by Crippen LogP contribution is 2.23. The highest BCUT2D eigenvalue weighted by atomic mass is 19.1. The van der Waals surface area contributed by atoms with Gasteiger partial charge in [-0.2, -0.15) is 0 Å². The molecule has 0 saturated carbocycles. The molecule has 0 aliphatic rings. The number of ether oxygens (including phenoxy) is 1. The molecule has 2 aromatic rings. The molecule has 0 bridgehead atoms. The Kier molecular flexibility index (Phi) is 4.41. The van der Waals surface area contributed by atoms with Crippen LogP contribution in [-0.2, 0) is 6.42 Å². The fourth-order valence-corrected chi connectivity index (χ4v) is 1.90. The lowest BCUT2D eigenvalue weighted by molar-refractivity contribution is 0.382. The van der Waals surface area contributed by atoms with E-state index in [0.717, 1.165) is 0 Å². The Labute approximate surface area is 111 Å². The molecule has 0 radical (unpaired) electrons. The molecule has 0 aliphatic heterocycles. The predicted molar refractivity (Wildman–Crippen MR) is 70.5 cm³/mol. The van der Waals surface area contributed by atoms with E-state index in [1.165, 1.54) is 7.11 Å². The number of hydrogen-bond acceptors (Lipinski definition) is 4. The van der Waals surface area contributed by atoms with Gasteiger partial charge in [-0.15, -0.1) is 0 Å². The van der Waals surface area contributed by atoms with Crippen LogP contribution >= 0.6 is 0 Å². The minimum atomic E-state index is -0.332. The van der Waals surface area contributed by atoms with Gasteiger partial charge in [0, 0.05) is 12.4 Å². The third-order valence-corrected chi connectivity index (χ3v) is 2.93. The Bertz CT molecular complexity index is 533. The zero-order valence-corrected chi connectivity index (χ0v) is 10.9. The number of methoxy groups -OCH3 is 1. The van der Waals surface area contributed by atoms with Gasteiger partial charge < -0.3 is 10.1 Å². The van der Waals surface area contributed by atoms with Crippen LogP contribution in [0.1, 0.15) is 17.4 Å². The number of benzene rings is 1. The zero-order chi connectivity index (χ0) is 13.7. The minimum Gasteiger partial charge on any atom is -0.494 e. The molecule has 19 heavy (non-hydrogen) atoms. The van der Waals surface area contributed by atoms with Gasteiger partial charge >= 0.3 is 0 Å². The molecule has 0 fully saturated rings. The number of halogens is 1. The molecule has 1 aromatic carbocycles. The van der Waals surface area contributed by atoms with Gasteiger partial charge in [0.2, 0.25) is 0 Å². The van der Waals surface area contributed by atoms with Crippen LogP contribution in [0.15, 0.2) is 36.7 Å². The second kappa shape index (κ2) is 6.24. The van der Waals surface area contributed by atoms with Crippen molar-refractivity contribution >= 4 is 0 Å². The summed E-state index contributed by atoms with van der Waals surface area (Å²) < 4.78 is 19.1. The van der Waals surface area contributed by atoms with E-state index in [1.54, 1.807) is 43.7 Å². The normalized spacial score (nSPS) is 12.2.